The summed E-state index contributed by atoms with van der Waals surface area (Å²) in [5.74, 6) is 0. The molecule has 1 unspecified atom stereocenters. The van der Waals surface area contributed by atoms with Crippen molar-refractivity contribution in [3.8, 4) is 0 Å². The van der Waals surface area contributed by atoms with E-state index < -0.39 is 0 Å². The number of hydrogen-bond donors (Lipinski definition) is 0. The van der Waals surface area contributed by atoms with Gasteiger partial charge in [-0.2, -0.15) is 0 Å². The molecule has 0 N–H and O–H groups in total. The van der Waals surface area contributed by atoms with Crippen LogP contribution in [0.25, 0.3) is 0 Å². The lowest BCUT2D eigenvalue weighted by atomic mass is 10.0. The number of alkyl halides is 1. The Balaban J connectivity index is 1.88. The first kappa shape index (κ1) is 15.5. The Kier molecular flexibility index (Phi) is 5.34. The van der Waals surface area contributed by atoms with Crippen LogP contribution >= 0.6 is 11.6 Å². The molecule has 2 rings (SSSR count). The molecule has 4 heteroatoms. The molecule has 0 amide bonds. The van der Waals surface area contributed by atoms with Crippen molar-refractivity contribution in [1.82, 2.24) is 0 Å². The van der Waals surface area contributed by atoms with Crippen LogP contribution in [0.15, 0.2) is 48.5 Å². The summed E-state index contributed by atoms with van der Waals surface area (Å²) in [6, 6.07) is 14.9. The van der Waals surface area contributed by atoms with Crippen molar-refractivity contribution in [2.75, 3.05) is 0 Å². The highest BCUT2D eigenvalue weighted by molar-refractivity contribution is 6.20. The summed E-state index contributed by atoms with van der Waals surface area (Å²) in [6.45, 7) is 2.11. The number of hydrogen-bond acceptors (Lipinski definition) is 2. The number of non-ortho nitro benzene ring substituents is 1. The molecule has 0 aliphatic carbocycles. The topological polar surface area (TPSA) is 43.1 Å². The summed E-state index contributed by atoms with van der Waals surface area (Å²) in [5, 5.41) is 10.6. The number of aryl methyl sites for hydroxylation is 2. The van der Waals surface area contributed by atoms with Crippen LogP contribution < -0.4 is 0 Å². The molecule has 0 heterocycles. The molecule has 21 heavy (non-hydrogen) atoms. The van der Waals surface area contributed by atoms with E-state index in [-0.39, 0.29) is 16.0 Å². The molecular formula is C17H18ClNO2. The molecule has 0 saturated carbocycles. The van der Waals surface area contributed by atoms with Gasteiger partial charge in [0, 0.05) is 17.5 Å². The van der Waals surface area contributed by atoms with Gasteiger partial charge in [-0.05, 0) is 42.9 Å². The second-order valence-electron chi connectivity index (χ2n) is 5.19. The summed E-state index contributed by atoms with van der Waals surface area (Å²) >= 11 is 6.39. The minimum atomic E-state index is -0.389. The van der Waals surface area contributed by atoms with Crippen LogP contribution in [-0.2, 0) is 12.8 Å². The van der Waals surface area contributed by atoms with Gasteiger partial charge < -0.3 is 0 Å². The third kappa shape index (κ3) is 4.57. The Bertz CT molecular complexity index is 610. The first-order chi connectivity index (χ1) is 10.1. The predicted molar refractivity (Wildman–Crippen MR) is 85.9 cm³/mol. The maximum absolute atomic E-state index is 10.6. The Morgan fingerprint density at radius 1 is 1.14 bits per heavy atom. The minimum absolute atomic E-state index is 0.0334. The molecule has 0 radical (unpaired) electrons. The van der Waals surface area contributed by atoms with Crippen molar-refractivity contribution in [2.24, 2.45) is 0 Å². The fourth-order valence-corrected chi connectivity index (χ4v) is 2.60. The lowest BCUT2D eigenvalue weighted by molar-refractivity contribution is -0.384. The third-order valence-electron chi connectivity index (χ3n) is 3.59. The Labute approximate surface area is 129 Å². The molecule has 0 spiro atoms. The number of halogens is 1. The fraction of sp³-hybridized carbons (Fsp3) is 0.294. The molecule has 2 aromatic carbocycles. The van der Waals surface area contributed by atoms with E-state index in [0.29, 0.717) is 0 Å². The van der Waals surface area contributed by atoms with Crippen LogP contribution in [0.5, 0.6) is 0 Å². The van der Waals surface area contributed by atoms with Gasteiger partial charge in [-0.1, -0.05) is 36.4 Å². The summed E-state index contributed by atoms with van der Waals surface area (Å²) in [5.41, 5.74) is 3.76. The highest BCUT2D eigenvalue weighted by Crippen LogP contribution is 2.18. The average molecular weight is 304 g/mol. The van der Waals surface area contributed by atoms with E-state index >= 15 is 0 Å². The second-order valence-corrected chi connectivity index (χ2v) is 5.81. The zero-order valence-electron chi connectivity index (χ0n) is 12.0. The van der Waals surface area contributed by atoms with Crippen LogP contribution in [0.1, 0.15) is 23.1 Å². The van der Waals surface area contributed by atoms with Crippen LogP contribution in [0, 0.1) is 17.0 Å². The average Bonchev–Trinajstić information content (AvgIpc) is 2.47. The van der Waals surface area contributed by atoms with Gasteiger partial charge in [0.2, 0.25) is 0 Å². The lowest BCUT2D eigenvalue weighted by Crippen LogP contribution is -2.05. The molecule has 2 aromatic rings. The van der Waals surface area contributed by atoms with E-state index in [1.165, 1.54) is 23.3 Å². The first-order valence-electron chi connectivity index (χ1n) is 6.98. The molecule has 110 valence electrons. The maximum Gasteiger partial charge on any atom is 0.269 e. The quantitative estimate of drug-likeness (QED) is 0.441. The molecule has 0 aliphatic rings. The van der Waals surface area contributed by atoms with Gasteiger partial charge in [0.15, 0.2) is 0 Å². The Morgan fingerprint density at radius 2 is 1.81 bits per heavy atom. The minimum Gasteiger partial charge on any atom is -0.258 e. The van der Waals surface area contributed by atoms with Crippen molar-refractivity contribution in [2.45, 2.75) is 31.6 Å². The normalized spacial score (nSPS) is 12.1. The summed E-state index contributed by atoms with van der Waals surface area (Å²) in [4.78, 5) is 10.2. The van der Waals surface area contributed by atoms with Crippen LogP contribution in [0.4, 0.5) is 5.69 Å². The summed E-state index contributed by atoms with van der Waals surface area (Å²) < 4.78 is 0. The molecule has 0 aliphatic heterocycles. The van der Waals surface area contributed by atoms with E-state index in [1.54, 1.807) is 12.1 Å². The van der Waals surface area contributed by atoms with Gasteiger partial charge in [0.05, 0.1) is 4.92 Å². The van der Waals surface area contributed by atoms with E-state index in [1.807, 2.05) is 12.1 Å². The highest BCUT2D eigenvalue weighted by Gasteiger charge is 2.09. The van der Waals surface area contributed by atoms with Gasteiger partial charge in [0.25, 0.3) is 5.69 Å². The lowest BCUT2D eigenvalue weighted by Gasteiger charge is -2.11. The van der Waals surface area contributed by atoms with Gasteiger partial charge in [0.1, 0.15) is 0 Å². The summed E-state index contributed by atoms with van der Waals surface area (Å²) in [7, 11) is 0. The predicted octanol–water partition coefficient (Wildman–Crippen LogP) is 4.69. The second kappa shape index (κ2) is 7.23. The van der Waals surface area contributed by atoms with E-state index in [9.17, 15) is 10.1 Å². The molecule has 1 atom stereocenters. The molecular weight excluding hydrogens is 286 g/mol. The van der Waals surface area contributed by atoms with Crippen LogP contribution in [0.2, 0.25) is 0 Å². The van der Waals surface area contributed by atoms with Gasteiger partial charge in [-0.25, -0.2) is 0 Å². The molecule has 0 bridgehead atoms. The number of nitrogens with zero attached hydrogens (tertiary/aromatic N) is 1. The third-order valence-corrected chi connectivity index (χ3v) is 3.97. The molecule has 0 fully saturated rings. The Morgan fingerprint density at radius 3 is 2.43 bits per heavy atom. The van der Waals surface area contributed by atoms with Crippen molar-refractivity contribution in [1.29, 1.82) is 0 Å². The van der Waals surface area contributed by atoms with Gasteiger partial charge in [-0.15, -0.1) is 11.6 Å². The van der Waals surface area contributed by atoms with E-state index in [0.717, 1.165) is 24.8 Å². The fourth-order valence-electron chi connectivity index (χ4n) is 2.31. The number of rotatable bonds is 6. The maximum atomic E-state index is 10.6. The van der Waals surface area contributed by atoms with Gasteiger partial charge >= 0.3 is 0 Å². The molecule has 0 saturated heterocycles. The Hall–Kier alpha value is -1.87. The van der Waals surface area contributed by atoms with Crippen molar-refractivity contribution >= 4 is 17.3 Å². The van der Waals surface area contributed by atoms with E-state index in [2.05, 4.69) is 19.1 Å². The summed E-state index contributed by atoms with van der Waals surface area (Å²) in [6.07, 6.45) is 2.57. The smallest absolute Gasteiger partial charge is 0.258 e. The highest BCUT2D eigenvalue weighted by atomic mass is 35.5. The van der Waals surface area contributed by atoms with Crippen LogP contribution in [-0.4, -0.2) is 10.3 Å². The van der Waals surface area contributed by atoms with Crippen molar-refractivity contribution in [3.05, 3.63) is 75.3 Å². The molecule has 3 nitrogen and oxygen atoms in total. The first-order valence-corrected chi connectivity index (χ1v) is 7.42. The zero-order valence-corrected chi connectivity index (χ0v) is 12.7. The monoisotopic (exact) mass is 303 g/mol. The van der Waals surface area contributed by atoms with Crippen LogP contribution in [0.3, 0.4) is 0 Å². The zero-order chi connectivity index (χ0) is 15.2. The number of nitro benzene ring substituents is 1. The standard InChI is InChI=1S/C17H18ClNO2/c1-13-4-2-3-5-15(13)8-9-16(18)12-14-6-10-17(11-7-14)19(20)21/h2-7,10-11,16H,8-9,12H2,1H3. The van der Waals surface area contributed by atoms with Crippen molar-refractivity contribution in [3.63, 3.8) is 0 Å². The number of benzene rings is 2. The SMILES string of the molecule is Cc1ccccc1CCC(Cl)Cc1ccc([N+](=O)[O-])cc1. The van der Waals surface area contributed by atoms with Gasteiger partial charge in [-0.3, -0.25) is 10.1 Å². The molecule has 0 aromatic heterocycles. The van der Waals surface area contributed by atoms with Crippen molar-refractivity contribution < 1.29 is 4.92 Å². The largest absolute Gasteiger partial charge is 0.269 e. The van der Waals surface area contributed by atoms with E-state index in [4.69, 9.17) is 11.6 Å². The number of nitro groups is 1.